The fourth-order valence-corrected chi connectivity index (χ4v) is 1.77. The summed E-state index contributed by atoms with van der Waals surface area (Å²) < 4.78 is 0. The van der Waals surface area contributed by atoms with E-state index in [9.17, 15) is 0 Å². The summed E-state index contributed by atoms with van der Waals surface area (Å²) in [6.45, 7) is 0. The van der Waals surface area contributed by atoms with E-state index >= 15 is 0 Å². The molecule has 6 fully saturated rings. The third kappa shape index (κ3) is 4.86. The first-order chi connectivity index (χ1) is 13.6. The van der Waals surface area contributed by atoms with E-state index in [2.05, 4.69) is 0 Å². The standard InChI is InChI=1S/C2H22N16O12/c1-19-13(5)25-15(7)21-11(3)22-16(8,26-13)30-18(10)24-12(4)23-17(9,29-15)27-14(6,20-2)28-18/h3-10H2,1-2H3/q+6. The van der Waals surface area contributed by atoms with E-state index in [4.69, 9.17) is 106 Å². The van der Waals surface area contributed by atoms with Crippen molar-refractivity contribution < 1.29 is 89.6 Å². The van der Waals surface area contributed by atoms with Crippen molar-refractivity contribution in [1.29, 1.82) is 0 Å². The van der Waals surface area contributed by atoms with Crippen LogP contribution in [0.2, 0.25) is 0 Å². The zero-order valence-electron chi connectivity index (χ0n) is 15.1. The molecule has 28 nitrogen and oxygen atoms in total. The average Bonchev–Trinajstić information content (AvgIpc) is 2.48. The minimum Gasteiger partial charge on any atom is -0.209 e. The van der Waals surface area contributed by atoms with Gasteiger partial charge in [0.25, 0.3) is 10.2 Å². The molecular formula is C2H22N16O12+6. The minimum absolute atomic E-state index is 0.155. The van der Waals surface area contributed by atoms with Crippen LogP contribution in [-0.2, 0) is 59.1 Å². The maximum Gasteiger partial charge on any atom is 0.321 e. The highest BCUT2D eigenvalue weighted by Gasteiger charge is 2.77. The molecule has 6 aliphatic heterocycles. The van der Waals surface area contributed by atoms with E-state index < -0.39 is 30.5 Å². The van der Waals surface area contributed by atoms with Crippen LogP contribution < -0.4 is 46.7 Å². The van der Waals surface area contributed by atoms with Gasteiger partial charge in [0, 0.05) is 19.8 Å². The summed E-state index contributed by atoms with van der Waals surface area (Å²) in [5.41, 5.74) is 0. The van der Waals surface area contributed by atoms with Gasteiger partial charge in [-0.2, -0.15) is 0 Å². The Hall–Kier alpha value is -1.12. The first-order valence-electron chi connectivity index (χ1n) is 6.90. The van der Waals surface area contributed by atoms with E-state index in [-0.39, 0.29) is 10.7 Å². The van der Waals surface area contributed by atoms with Crippen molar-refractivity contribution in [2.75, 3.05) is 14.2 Å². The summed E-state index contributed by atoms with van der Waals surface area (Å²) in [7, 11) is 1.83. The molecule has 6 aliphatic rings. The van der Waals surface area contributed by atoms with Crippen LogP contribution in [-0.4, -0.2) is 55.4 Å². The molecule has 0 saturated carbocycles. The molecule has 6 heterocycles. The van der Waals surface area contributed by atoms with Gasteiger partial charge in [0.15, 0.2) is 29.6 Å². The largest absolute Gasteiger partial charge is 0.321 e. The van der Waals surface area contributed by atoms with Gasteiger partial charge in [-0.15, -0.1) is 9.68 Å². The van der Waals surface area contributed by atoms with Crippen LogP contribution in [0.3, 0.4) is 0 Å². The van der Waals surface area contributed by atoms with E-state index in [1.807, 2.05) is 0 Å². The van der Waals surface area contributed by atoms with Crippen molar-refractivity contribution in [1.82, 2.24) is 10.7 Å². The molecule has 0 radical (unpaired) electrons. The number of hydrogen-bond donors (Lipinski definition) is 8. The van der Waals surface area contributed by atoms with Crippen LogP contribution in [0.4, 0.5) is 0 Å². The highest BCUT2D eigenvalue weighted by Crippen LogP contribution is 2.31. The van der Waals surface area contributed by atoms with Gasteiger partial charge in [-0.1, -0.05) is 35.1 Å². The van der Waals surface area contributed by atoms with Gasteiger partial charge in [-0.05, 0) is 0 Å². The van der Waals surface area contributed by atoms with Crippen molar-refractivity contribution in [3.05, 3.63) is 0 Å². The van der Waals surface area contributed by atoms with E-state index in [0.29, 0.717) is 0 Å². The van der Waals surface area contributed by atoms with Crippen LogP contribution in [0.15, 0.2) is 0 Å². The first-order valence-corrected chi connectivity index (χ1v) is 6.90. The lowest BCUT2D eigenvalue weighted by Gasteiger charge is -2.35. The lowest BCUT2D eigenvalue weighted by atomic mass is 11.7. The summed E-state index contributed by atoms with van der Waals surface area (Å²) in [6, 6.07) is 0. The molecule has 0 aromatic rings. The van der Waals surface area contributed by atoms with Crippen LogP contribution in [0.1, 0.15) is 0 Å². The molecule has 0 aliphatic carbocycles. The van der Waals surface area contributed by atoms with Crippen LogP contribution in [0.25, 0.3) is 0 Å². The van der Waals surface area contributed by atoms with Crippen molar-refractivity contribution in [3.8, 4) is 0 Å². The maximum atomic E-state index is 5.69. The Labute approximate surface area is 162 Å². The Morgan fingerprint density at radius 2 is 0.733 bits per heavy atom. The zero-order chi connectivity index (χ0) is 22.6. The third-order valence-corrected chi connectivity index (χ3v) is 2.65. The Morgan fingerprint density at radius 1 is 0.500 bits per heavy atom. The molecule has 30 heavy (non-hydrogen) atoms. The van der Waals surface area contributed by atoms with Gasteiger partial charge in [-0.25, -0.2) is 11.7 Å². The summed E-state index contributed by atoms with van der Waals surface area (Å²) in [5, 5.41) is -13.6. The second kappa shape index (κ2) is 7.20. The molecule has 0 amide bonds. The molecule has 0 spiro atoms. The van der Waals surface area contributed by atoms with Gasteiger partial charge in [0.1, 0.15) is 24.9 Å². The number of hydrazine groups is 2. The fraction of sp³-hybridized carbons (Fsp3) is 1.00. The number of nitrogens with two attached hydrogens (primary N) is 8. The van der Waals surface area contributed by atoms with Crippen molar-refractivity contribution >= 4 is 0 Å². The van der Waals surface area contributed by atoms with Gasteiger partial charge in [0.05, 0.1) is 0 Å². The Balaban J connectivity index is 2.18. The lowest BCUT2D eigenvalue weighted by Crippen LogP contribution is -2.84. The van der Waals surface area contributed by atoms with Crippen LogP contribution in [0.5, 0.6) is 0 Å². The van der Waals surface area contributed by atoms with E-state index in [1.54, 1.807) is 0 Å². The number of nitrogens with zero attached hydrogens (tertiary/aromatic N) is 8. The topological polar surface area (TPSA) is 325 Å². The van der Waals surface area contributed by atoms with Crippen LogP contribution in [0, 0.1) is 0 Å². The molecular weight excluding hydrogens is 440 g/mol. The van der Waals surface area contributed by atoms with E-state index in [1.165, 1.54) is 0 Å². The minimum atomic E-state index is -2.29. The number of hydrogen-bond acceptors (Lipinski definition) is 22. The average molecular weight is 462 g/mol. The second-order valence-electron chi connectivity index (χ2n) is 4.99. The Bertz CT molecular complexity index is 562. The monoisotopic (exact) mass is 462 g/mol. The molecule has 28 heteroatoms. The smallest absolute Gasteiger partial charge is 0.209 e. The molecule has 0 aromatic heterocycles. The molecule has 0 aromatic carbocycles. The second-order valence-corrected chi connectivity index (χ2v) is 4.99. The van der Waals surface area contributed by atoms with Gasteiger partial charge < -0.3 is 0 Å². The molecule has 4 atom stereocenters. The third-order valence-electron chi connectivity index (χ3n) is 2.65. The summed E-state index contributed by atoms with van der Waals surface area (Å²) in [5.74, 6) is 44.8. The molecule has 6 saturated heterocycles. The normalized spacial score (nSPS) is 51.8. The van der Waals surface area contributed by atoms with Crippen molar-refractivity contribution in [2.45, 2.75) is 0 Å². The Kier molecular flexibility index (Phi) is 5.65. The predicted molar refractivity (Wildman–Crippen MR) is 63.6 cm³/mol. The van der Waals surface area contributed by atoms with Gasteiger partial charge in [-0.3, -0.25) is 0 Å². The van der Waals surface area contributed by atoms with Crippen LogP contribution >= 0.6 is 0 Å². The molecule has 4 unspecified atom stereocenters. The molecule has 6 rings (SSSR count). The fourth-order valence-electron chi connectivity index (χ4n) is 1.77. The predicted octanol–water partition coefficient (Wildman–Crippen LogP) is -7.89. The summed E-state index contributed by atoms with van der Waals surface area (Å²) in [6.07, 6.45) is 0. The summed E-state index contributed by atoms with van der Waals surface area (Å²) in [4.78, 5) is 58.0. The summed E-state index contributed by atoms with van der Waals surface area (Å²) >= 11 is 0. The molecule has 176 valence electrons. The first kappa shape index (κ1) is 23.5. The Morgan fingerprint density at radius 3 is 0.933 bits per heavy atom. The van der Waals surface area contributed by atoms with Crippen molar-refractivity contribution in [2.24, 2.45) is 46.7 Å². The number of quaternary nitrogens is 6. The maximum absolute atomic E-state index is 5.69. The lowest BCUT2D eigenvalue weighted by molar-refractivity contribution is -1.79. The van der Waals surface area contributed by atoms with Gasteiger partial charge >= 0.3 is 20.3 Å². The number of rotatable bonds is 2. The molecule has 4 bridgehead atoms. The van der Waals surface area contributed by atoms with Gasteiger partial charge in [0.2, 0.25) is 0 Å². The highest BCUT2D eigenvalue weighted by molar-refractivity contribution is 3.68. The van der Waals surface area contributed by atoms with Crippen molar-refractivity contribution in [3.63, 3.8) is 0 Å². The molecule has 16 N–H and O–H groups in total. The quantitative estimate of drug-likeness (QED) is 0.139. The van der Waals surface area contributed by atoms with E-state index in [0.717, 1.165) is 14.2 Å². The highest BCUT2D eigenvalue weighted by atomic mass is 17.6. The zero-order valence-corrected chi connectivity index (χ0v) is 15.1. The SMILES string of the molecule is CO[N+]1(N)O[N+]2(N)ON(N)O[N+](N)(O1)O[N+]1(N)ON(N)O[N+](N)(O[N+](N)(OC)O1)O2.